The first-order valence-electron chi connectivity index (χ1n) is 10.4. The van der Waals surface area contributed by atoms with E-state index in [1.165, 1.54) is 5.56 Å². The lowest BCUT2D eigenvalue weighted by Gasteiger charge is -2.36. The van der Waals surface area contributed by atoms with Crippen LogP contribution in [0, 0.1) is 13.8 Å². The molecule has 0 saturated carbocycles. The van der Waals surface area contributed by atoms with Crippen molar-refractivity contribution in [3.63, 3.8) is 0 Å². The van der Waals surface area contributed by atoms with E-state index in [0.29, 0.717) is 31.8 Å². The van der Waals surface area contributed by atoms with Gasteiger partial charge in [-0.15, -0.1) is 0 Å². The van der Waals surface area contributed by atoms with Crippen LogP contribution in [0.15, 0.2) is 36.5 Å². The molecule has 1 aromatic carbocycles. The monoisotopic (exact) mass is 408 g/mol. The zero-order valence-corrected chi connectivity index (χ0v) is 17.8. The maximum Gasteiger partial charge on any atom is 0.410 e. The highest BCUT2D eigenvalue weighted by atomic mass is 16.6. The average molecular weight is 409 g/mol. The molecular weight excluding hydrogens is 380 g/mol. The fourth-order valence-corrected chi connectivity index (χ4v) is 4.06. The summed E-state index contributed by atoms with van der Waals surface area (Å²) in [7, 11) is 0. The van der Waals surface area contributed by atoms with Gasteiger partial charge in [-0.1, -0.05) is 18.2 Å². The van der Waals surface area contributed by atoms with Gasteiger partial charge >= 0.3 is 6.09 Å². The zero-order chi connectivity index (χ0) is 21.3. The van der Waals surface area contributed by atoms with Crippen LogP contribution in [0.25, 0.3) is 0 Å². The maximum atomic E-state index is 12.9. The molecule has 0 aliphatic carbocycles. The number of rotatable bonds is 4. The molecule has 0 N–H and O–H groups in total. The number of amides is 2. The number of pyridine rings is 1. The lowest BCUT2D eigenvalue weighted by Crippen LogP contribution is -2.49. The zero-order valence-electron chi connectivity index (χ0n) is 17.8. The Morgan fingerprint density at radius 2 is 1.83 bits per heavy atom. The molecule has 1 atom stereocenters. The van der Waals surface area contributed by atoms with E-state index < -0.39 is 0 Å². The maximum absolute atomic E-state index is 12.9. The first kappa shape index (κ1) is 20.2. The predicted octanol–water partition coefficient (Wildman–Crippen LogP) is 3.00. The largest absolute Gasteiger partial charge is 0.447 e. The molecule has 0 bridgehead atoms. The number of cyclic esters (lactones) is 1. The van der Waals surface area contributed by atoms with Crippen molar-refractivity contribution in [1.29, 1.82) is 0 Å². The van der Waals surface area contributed by atoms with Crippen LogP contribution in [-0.2, 0) is 11.3 Å². The summed E-state index contributed by atoms with van der Waals surface area (Å²) in [6.45, 7) is 9.91. The van der Waals surface area contributed by atoms with E-state index in [2.05, 4.69) is 22.9 Å². The third-order valence-corrected chi connectivity index (χ3v) is 5.82. The first-order chi connectivity index (χ1) is 14.4. The molecule has 2 aliphatic rings. The number of ether oxygens (including phenoxy) is 1. The minimum absolute atomic E-state index is 0.0451. The average Bonchev–Trinajstić information content (AvgIpc) is 3.06. The van der Waals surface area contributed by atoms with Crippen molar-refractivity contribution in [3.05, 3.63) is 58.8 Å². The Labute approximate surface area is 177 Å². The van der Waals surface area contributed by atoms with Gasteiger partial charge in [0.05, 0.1) is 6.04 Å². The summed E-state index contributed by atoms with van der Waals surface area (Å²) in [5.74, 6) is 1.05. The van der Waals surface area contributed by atoms with Gasteiger partial charge in [0, 0.05) is 44.5 Å². The summed E-state index contributed by atoms with van der Waals surface area (Å²) in [4.78, 5) is 35.1. The molecule has 2 amide bonds. The lowest BCUT2D eigenvalue weighted by molar-refractivity contribution is 0.0746. The SMILES string of the molecule is Cc1cnc(N2CCN(C(=O)c3ccc(CN4C(=O)OC[C@@H]4C)cc3)CC2)c(C)c1. The van der Waals surface area contributed by atoms with Crippen LogP contribution in [0.5, 0.6) is 0 Å². The third kappa shape index (κ3) is 4.10. The second-order valence-corrected chi connectivity index (χ2v) is 8.18. The molecule has 0 spiro atoms. The molecule has 1 aromatic heterocycles. The summed E-state index contributed by atoms with van der Waals surface area (Å²) in [5.41, 5.74) is 3.99. The highest BCUT2D eigenvalue weighted by Gasteiger charge is 2.29. The molecule has 158 valence electrons. The van der Waals surface area contributed by atoms with Gasteiger partial charge in [-0.05, 0) is 49.6 Å². The van der Waals surface area contributed by atoms with Crippen molar-refractivity contribution in [2.45, 2.75) is 33.4 Å². The summed E-state index contributed by atoms with van der Waals surface area (Å²) in [5, 5.41) is 0. The molecule has 3 heterocycles. The third-order valence-electron chi connectivity index (χ3n) is 5.82. The van der Waals surface area contributed by atoms with E-state index in [4.69, 9.17) is 4.74 Å². The van der Waals surface area contributed by atoms with Gasteiger partial charge in [0.1, 0.15) is 12.4 Å². The highest BCUT2D eigenvalue weighted by molar-refractivity contribution is 5.94. The van der Waals surface area contributed by atoms with Crippen LogP contribution in [0.3, 0.4) is 0 Å². The molecule has 30 heavy (non-hydrogen) atoms. The van der Waals surface area contributed by atoms with Gasteiger partial charge in [0.15, 0.2) is 0 Å². The predicted molar refractivity (Wildman–Crippen MR) is 115 cm³/mol. The van der Waals surface area contributed by atoms with Crippen molar-refractivity contribution in [3.8, 4) is 0 Å². The Morgan fingerprint density at radius 1 is 1.13 bits per heavy atom. The summed E-state index contributed by atoms with van der Waals surface area (Å²) < 4.78 is 5.06. The molecule has 0 unspecified atom stereocenters. The second-order valence-electron chi connectivity index (χ2n) is 8.18. The number of anilines is 1. The normalized spacial score (nSPS) is 19.2. The van der Waals surface area contributed by atoms with Crippen LogP contribution < -0.4 is 4.90 Å². The van der Waals surface area contributed by atoms with Crippen molar-refractivity contribution < 1.29 is 14.3 Å². The molecular formula is C23H28N4O3. The van der Waals surface area contributed by atoms with E-state index in [-0.39, 0.29) is 18.0 Å². The minimum atomic E-state index is -0.279. The number of carbonyl (C=O) groups is 2. The Kier molecular flexibility index (Phi) is 5.61. The highest BCUT2D eigenvalue weighted by Crippen LogP contribution is 2.21. The van der Waals surface area contributed by atoms with Crippen LogP contribution >= 0.6 is 0 Å². The molecule has 2 fully saturated rings. The quantitative estimate of drug-likeness (QED) is 0.778. The van der Waals surface area contributed by atoms with E-state index in [0.717, 1.165) is 30.0 Å². The van der Waals surface area contributed by atoms with E-state index in [9.17, 15) is 9.59 Å². The number of aryl methyl sites for hydroxylation is 2. The summed E-state index contributed by atoms with van der Waals surface area (Å²) in [6.07, 6.45) is 1.61. The molecule has 7 heteroatoms. The lowest BCUT2D eigenvalue weighted by atomic mass is 10.1. The molecule has 2 aromatic rings. The number of piperazine rings is 1. The Balaban J connectivity index is 1.35. The molecule has 0 radical (unpaired) electrons. The van der Waals surface area contributed by atoms with Gasteiger partial charge in [0.25, 0.3) is 5.91 Å². The minimum Gasteiger partial charge on any atom is -0.447 e. The topological polar surface area (TPSA) is 66.0 Å². The van der Waals surface area contributed by atoms with Crippen molar-refractivity contribution >= 4 is 17.8 Å². The standard InChI is InChI=1S/C23H28N4O3/c1-16-12-17(2)21(24-13-16)25-8-10-26(11-9-25)22(28)20-6-4-19(5-7-20)14-27-18(3)15-30-23(27)29/h4-7,12-13,18H,8-11,14-15H2,1-3H3/t18-/m0/s1. The second kappa shape index (κ2) is 8.34. The number of nitrogens with zero attached hydrogens (tertiary/aromatic N) is 4. The van der Waals surface area contributed by atoms with Crippen LogP contribution in [0.1, 0.15) is 34.0 Å². The number of aromatic nitrogens is 1. The van der Waals surface area contributed by atoms with Crippen LogP contribution in [0.4, 0.5) is 10.6 Å². The van der Waals surface area contributed by atoms with E-state index in [1.54, 1.807) is 4.90 Å². The van der Waals surface area contributed by atoms with Crippen LogP contribution in [-0.4, -0.2) is 65.6 Å². The van der Waals surface area contributed by atoms with E-state index in [1.807, 2.05) is 49.2 Å². The number of benzene rings is 1. The van der Waals surface area contributed by atoms with Gasteiger partial charge in [-0.3, -0.25) is 9.69 Å². The molecule has 7 nitrogen and oxygen atoms in total. The summed E-state index contributed by atoms with van der Waals surface area (Å²) in [6, 6.07) is 9.75. The van der Waals surface area contributed by atoms with Gasteiger partial charge in [-0.2, -0.15) is 0 Å². The molecule has 4 rings (SSSR count). The molecule has 2 saturated heterocycles. The first-order valence-corrected chi connectivity index (χ1v) is 10.4. The van der Waals surface area contributed by atoms with E-state index >= 15 is 0 Å². The number of hydrogen-bond donors (Lipinski definition) is 0. The Morgan fingerprint density at radius 3 is 2.43 bits per heavy atom. The smallest absolute Gasteiger partial charge is 0.410 e. The fraction of sp³-hybridized carbons (Fsp3) is 0.435. The van der Waals surface area contributed by atoms with Gasteiger partial charge in [-0.25, -0.2) is 9.78 Å². The molecule has 2 aliphatic heterocycles. The fourth-order valence-electron chi connectivity index (χ4n) is 4.06. The Bertz CT molecular complexity index is 936. The van der Waals surface area contributed by atoms with Crippen molar-refractivity contribution in [2.24, 2.45) is 0 Å². The van der Waals surface area contributed by atoms with Crippen molar-refractivity contribution in [1.82, 2.24) is 14.8 Å². The number of carbonyl (C=O) groups excluding carboxylic acids is 2. The van der Waals surface area contributed by atoms with Crippen LogP contribution in [0.2, 0.25) is 0 Å². The number of hydrogen-bond acceptors (Lipinski definition) is 5. The van der Waals surface area contributed by atoms with Crippen molar-refractivity contribution in [2.75, 3.05) is 37.7 Å². The Hall–Kier alpha value is -3.09. The summed E-state index contributed by atoms with van der Waals surface area (Å²) >= 11 is 0. The van der Waals surface area contributed by atoms with Gasteiger partial charge in [0.2, 0.25) is 0 Å². The van der Waals surface area contributed by atoms with Gasteiger partial charge < -0.3 is 14.5 Å².